The van der Waals surface area contributed by atoms with Gasteiger partial charge in [0, 0.05) is 20.3 Å². The number of nitrogens with zero attached hydrogens (tertiary/aromatic N) is 5. The minimum atomic E-state index is -2.11. The molecule has 1 heterocycles. The van der Waals surface area contributed by atoms with Crippen molar-refractivity contribution < 1.29 is 4.79 Å². The third-order valence-electron chi connectivity index (χ3n) is 2.88. The highest BCUT2D eigenvalue weighted by molar-refractivity contribution is 6.79. The molecule has 1 aromatic heterocycles. The lowest BCUT2D eigenvalue weighted by Crippen LogP contribution is -2.23. The van der Waals surface area contributed by atoms with Crippen molar-refractivity contribution in [1.29, 1.82) is 0 Å². The minimum Gasteiger partial charge on any atom is -0.383 e. The monoisotopic (exact) mass is 373 g/mol. The van der Waals surface area contributed by atoms with E-state index in [9.17, 15) is 4.79 Å². The molecule has 0 aliphatic rings. The Bertz CT molecular complexity index is 732. The predicted octanol–water partition coefficient (Wildman–Crippen LogP) is 2.81. The van der Waals surface area contributed by atoms with Crippen LogP contribution in [0, 0.1) is 6.92 Å². The fraction of sp³-hybridized carbons (Fsp3) is 0.286. The van der Waals surface area contributed by atoms with Crippen LogP contribution in [0.4, 0.5) is 0 Å². The van der Waals surface area contributed by atoms with Gasteiger partial charge < -0.3 is 4.90 Å². The molecule has 0 atom stereocenters. The van der Waals surface area contributed by atoms with E-state index in [2.05, 4.69) is 15.5 Å². The average Bonchev–Trinajstić information content (AvgIpc) is 2.92. The second-order valence-corrected chi connectivity index (χ2v) is 7.36. The quantitative estimate of drug-likeness (QED) is 0.608. The smallest absolute Gasteiger partial charge is 0.253 e. The van der Waals surface area contributed by atoms with Crippen LogP contribution in [-0.2, 0) is 4.79 Å². The summed E-state index contributed by atoms with van der Waals surface area (Å²) in [6, 6.07) is 7.49. The summed E-state index contributed by atoms with van der Waals surface area (Å²) in [6.07, 6.45) is 1.51. The summed E-state index contributed by atoms with van der Waals surface area (Å²) in [7, 11) is 3.48. The fourth-order valence-corrected chi connectivity index (χ4v) is 2.15. The Morgan fingerprint density at radius 2 is 1.83 bits per heavy atom. The number of hydrogen-bond acceptors (Lipinski definition) is 5. The second-order valence-electron chi connectivity index (χ2n) is 5.08. The summed E-state index contributed by atoms with van der Waals surface area (Å²) < 4.78 is -0.686. The molecule has 0 aliphatic heterocycles. The summed E-state index contributed by atoms with van der Waals surface area (Å²) in [5.41, 5.74) is 1.88. The van der Waals surface area contributed by atoms with Gasteiger partial charge in [-0.2, -0.15) is 4.68 Å². The van der Waals surface area contributed by atoms with Crippen LogP contribution in [0.2, 0.25) is 0 Å². The Hall–Kier alpha value is -1.63. The molecule has 0 saturated heterocycles. The second kappa shape index (κ2) is 6.86. The molecule has 6 nitrogen and oxygen atoms in total. The van der Waals surface area contributed by atoms with Gasteiger partial charge in [-0.05, 0) is 29.5 Å². The zero-order valence-corrected chi connectivity index (χ0v) is 14.9. The van der Waals surface area contributed by atoms with Crippen molar-refractivity contribution in [2.75, 3.05) is 14.1 Å². The number of carbonyl (C=O) groups is 1. The molecule has 2 aromatic rings. The third kappa shape index (κ3) is 4.22. The Kier molecular flexibility index (Phi) is 5.29. The van der Waals surface area contributed by atoms with Gasteiger partial charge in [0.1, 0.15) is 0 Å². The van der Waals surface area contributed by atoms with Crippen LogP contribution < -0.4 is 0 Å². The third-order valence-corrected chi connectivity index (χ3v) is 3.39. The largest absolute Gasteiger partial charge is 0.383 e. The molecule has 0 bridgehead atoms. The topological polar surface area (TPSA) is 63.9 Å². The van der Waals surface area contributed by atoms with Crippen LogP contribution in [0.5, 0.6) is 0 Å². The molecule has 2 rings (SSSR count). The van der Waals surface area contributed by atoms with Gasteiger partial charge in [0.25, 0.3) is 3.79 Å². The van der Waals surface area contributed by atoms with Crippen molar-refractivity contribution in [3.63, 3.8) is 0 Å². The number of aromatic nitrogens is 4. The summed E-state index contributed by atoms with van der Waals surface area (Å²) in [5, 5.41) is 11.5. The Labute approximate surface area is 148 Å². The molecule has 0 N–H and O–H groups in total. The SMILES string of the molecule is Cc1ccc(-n2nnnc2/C(=C/N(C)C)C(=O)C(Cl)(Cl)Cl)cc1. The van der Waals surface area contributed by atoms with Gasteiger partial charge in [-0.3, -0.25) is 4.79 Å². The first-order valence-electron chi connectivity index (χ1n) is 6.55. The summed E-state index contributed by atoms with van der Waals surface area (Å²) in [4.78, 5) is 14.1. The number of allylic oxidation sites excluding steroid dienone is 1. The van der Waals surface area contributed by atoms with Crippen molar-refractivity contribution in [3.05, 3.63) is 41.9 Å². The number of tetrazole rings is 1. The molecule has 1 aromatic carbocycles. The number of aryl methyl sites for hydroxylation is 1. The van der Waals surface area contributed by atoms with Crippen LogP contribution in [0.1, 0.15) is 11.4 Å². The summed E-state index contributed by atoms with van der Waals surface area (Å²) in [6.45, 7) is 1.97. The van der Waals surface area contributed by atoms with Crippen molar-refractivity contribution >= 4 is 46.2 Å². The van der Waals surface area contributed by atoms with Gasteiger partial charge in [-0.15, -0.1) is 5.10 Å². The van der Waals surface area contributed by atoms with E-state index in [0.717, 1.165) is 5.56 Å². The molecule has 23 heavy (non-hydrogen) atoms. The first-order chi connectivity index (χ1) is 10.7. The highest BCUT2D eigenvalue weighted by Crippen LogP contribution is 2.33. The number of carbonyl (C=O) groups excluding carboxylic acids is 1. The first kappa shape index (κ1) is 17.7. The Morgan fingerprint density at radius 3 is 2.35 bits per heavy atom. The molecule has 0 saturated carbocycles. The standard InChI is InChI=1S/C14H14Cl3N5O/c1-9-4-6-10(7-5-9)22-13(18-19-20-22)11(8-21(2)3)12(23)14(15,16)17/h4-8H,1-3H3/b11-8+. The van der Waals surface area contributed by atoms with E-state index >= 15 is 0 Å². The summed E-state index contributed by atoms with van der Waals surface area (Å²) >= 11 is 17.2. The lowest BCUT2D eigenvalue weighted by molar-refractivity contribution is -0.113. The molecular formula is C14H14Cl3N5O. The van der Waals surface area contributed by atoms with E-state index < -0.39 is 9.58 Å². The minimum absolute atomic E-state index is 0.0978. The molecule has 0 fully saturated rings. The van der Waals surface area contributed by atoms with Crippen molar-refractivity contribution in [1.82, 2.24) is 25.1 Å². The van der Waals surface area contributed by atoms with E-state index in [1.807, 2.05) is 31.2 Å². The first-order valence-corrected chi connectivity index (χ1v) is 7.69. The number of rotatable bonds is 4. The van der Waals surface area contributed by atoms with Crippen LogP contribution in [0.3, 0.4) is 0 Å². The van der Waals surface area contributed by atoms with Crippen LogP contribution in [-0.4, -0.2) is 48.8 Å². The average molecular weight is 375 g/mol. The maximum Gasteiger partial charge on any atom is 0.253 e. The molecular weight excluding hydrogens is 361 g/mol. The van der Waals surface area contributed by atoms with Crippen molar-refractivity contribution in [2.24, 2.45) is 0 Å². The fourth-order valence-electron chi connectivity index (χ4n) is 1.84. The molecule has 0 radical (unpaired) electrons. The van der Waals surface area contributed by atoms with Crippen LogP contribution >= 0.6 is 34.8 Å². The number of ketones is 1. The Balaban J connectivity index is 2.56. The number of halogens is 3. The Morgan fingerprint density at radius 1 is 1.22 bits per heavy atom. The van der Waals surface area contributed by atoms with Crippen molar-refractivity contribution in [3.8, 4) is 5.69 Å². The maximum atomic E-state index is 12.4. The molecule has 0 amide bonds. The lowest BCUT2D eigenvalue weighted by atomic mass is 10.1. The van der Waals surface area contributed by atoms with Gasteiger partial charge >= 0.3 is 0 Å². The van der Waals surface area contributed by atoms with Crippen LogP contribution in [0.15, 0.2) is 30.5 Å². The van der Waals surface area contributed by atoms with Crippen LogP contribution in [0.25, 0.3) is 11.3 Å². The molecule has 0 spiro atoms. The zero-order chi connectivity index (χ0) is 17.2. The predicted molar refractivity (Wildman–Crippen MR) is 90.9 cm³/mol. The van der Waals surface area contributed by atoms with E-state index in [1.54, 1.807) is 19.0 Å². The van der Waals surface area contributed by atoms with E-state index in [1.165, 1.54) is 10.9 Å². The maximum absolute atomic E-state index is 12.4. The number of hydrogen-bond donors (Lipinski definition) is 0. The zero-order valence-electron chi connectivity index (χ0n) is 12.7. The van der Waals surface area contributed by atoms with Crippen molar-refractivity contribution in [2.45, 2.75) is 10.7 Å². The highest BCUT2D eigenvalue weighted by atomic mass is 35.6. The van der Waals surface area contributed by atoms with Gasteiger partial charge in [0.05, 0.1) is 11.3 Å². The number of benzene rings is 1. The molecule has 0 unspecified atom stereocenters. The van der Waals surface area contributed by atoms with Gasteiger partial charge in [-0.25, -0.2) is 0 Å². The van der Waals surface area contributed by atoms with E-state index in [-0.39, 0.29) is 11.4 Å². The van der Waals surface area contributed by atoms with Gasteiger partial charge in [0.15, 0.2) is 5.82 Å². The normalized spacial score (nSPS) is 12.3. The van der Waals surface area contributed by atoms with E-state index in [4.69, 9.17) is 34.8 Å². The van der Waals surface area contributed by atoms with Gasteiger partial charge in [0.2, 0.25) is 5.78 Å². The number of Topliss-reactive ketones (excluding diaryl/α,β-unsaturated/α-hetero) is 1. The number of alkyl halides is 3. The molecule has 0 aliphatic carbocycles. The lowest BCUT2D eigenvalue weighted by Gasteiger charge is -2.15. The summed E-state index contributed by atoms with van der Waals surface area (Å²) in [5.74, 6) is -0.516. The van der Waals surface area contributed by atoms with E-state index in [0.29, 0.717) is 5.69 Å². The highest BCUT2D eigenvalue weighted by Gasteiger charge is 2.36. The van der Waals surface area contributed by atoms with Gasteiger partial charge in [-0.1, -0.05) is 52.5 Å². The molecule has 122 valence electrons. The molecule has 9 heteroatoms.